The lowest BCUT2D eigenvalue weighted by Crippen LogP contribution is -2.50. The van der Waals surface area contributed by atoms with Crippen molar-refractivity contribution in [3.05, 3.63) is 70.5 Å². The molecule has 26 heavy (non-hydrogen) atoms. The fraction of sp³-hybridized carbons (Fsp3) is 0.333. The van der Waals surface area contributed by atoms with E-state index in [1.165, 1.54) is 12.1 Å². The molecule has 0 spiro atoms. The number of carbonyl (C=O) groups is 2. The average molecular weight is 354 g/mol. The molecule has 3 rings (SSSR count). The highest BCUT2D eigenvalue weighted by Gasteiger charge is 2.24. The van der Waals surface area contributed by atoms with E-state index < -0.39 is 0 Å². The van der Waals surface area contributed by atoms with Crippen LogP contribution >= 0.6 is 0 Å². The summed E-state index contributed by atoms with van der Waals surface area (Å²) >= 11 is 0. The minimum absolute atomic E-state index is 0.0215. The SMILES string of the molecule is Cc1cc(C(=O)CN2CCN(C(=O)c3ccccc3C)CC2)ccc1F. The Morgan fingerprint density at radius 2 is 1.65 bits per heavy atom. The van der Waals surface area contributed by atoms with Gasteiger partial charge >= 0.3 is 0 Å². The zero-order valence-corrected chi connectivity index (χ0v) is 15.2. The van der Waals surface area contributed by atoms with Crippen LogP contribution in [0.25, 0.3) is 0 Å². The Labute approximate surface area is 153 Å². The Morgan fingerprint density at radius 1 is 0.962 bits per heavy atom. The van der Waals surface area contributed by atoms with E-state index in [2.05, 4.69) is 0 Å². The van der Waals surface area contributed by atoms with E-state index in [-0.39, 0.29) is 24.1 Å². The van der Waals surface area contributed by atoms with Gasteiger partial charge in [0.05, 0.1) is 6.54 Å². The lowest BCUT2D eigenvalue weighted by atomic mass is 10.1. The monoisotopic (exact) mass is 354 g/mol. The molecule has 5 heteroatoms. The van der Waals surface area contributed by atoms with Gasteiger partial charge in [0.1, 0.15) is 5.82 Å². The molecule has 1 heterocycles. The third-order valence-corrected chi connectivity index (χ3v) is 4.88. The molecular formula is C21H23FN2O2. The highest BCUT2D eigenvalue weighted by Crippen LogP contribution is 2.14. The second-order valence-electron chi connectivity index (χ2n) is 6.77. The first-order valence-electron chi connectivity index (χ1n) is 8.82. The third-order valence-electron chi connectivity index (χ3n) is 4.88. The number of Topliss-reactive ketones (excluding diaryl/α,β-unsaturated/α-hetero) is 1. The van der Waals surface area contributed by atoms with E-state index in [9.17, 15) is 14.0 Å². The van der Waals surface area contributed by atoms with Crippen LogP contribution < -0.4 is 0 Å². The van der Waals surface area contributed by atoms with E-state index in [1.54, 1.807) is 13.0 Å². The van der Waals surface area contributed by atoms with Crippen LogP contribution in [-0.4, -0.2) is 54.2 Å². The molecule has 136 valence electrons. The fourth-order valence-electron chi connectivity index (χ4n) is 3.20. The van der Waals surface area contributed by atoms with Crippen molar-refractivity contribution in [1.29, 1.82) is 0 Å². The fourth-order valence-corrected chi connectivity index (χ4v) is 3.20. The van der Waals surface area contributed by atoms with Crippen LogP contribution in [0.5, 0.6) is 0 Å². The van der Waals surface area contributed by atoms with Gasteiger partial charge in [0.2, 0.25) is 0 Å². The summed E-state index contributed by atoms with van der Waals surface area (Å²) in [6.07, 6.45) is 0. The van der Waals surface area contributed by atoms with Crippen molar-refractivity contribution in [2.45, 2.75) is 13.8 Å². The molecule has 0 unspecified atom stereocenters. The molecule has 1 amide bonds. The third kappa shape index (κ3) is 3.99. The average Bonchev–Trinajstić information content (AvgIpc) is 2.64. The molecule has 1 fully saturated rings. The van der Waals surface area contributed by atoms with Gasteiger partial charge in [0.25, 0.3) is 5.91 Å². The highest BCUT2D eigenvalue weighted by atomic mass is 19.1. The second-order valence-corrected chi connectivity index (χ2v) is 6.77. The normalized spacial score (nSPS) is 15.1. The van der Waals surface area contributed by atoms with E-state index in [0.29, 0.717) is 37.3 Å². The molecule has 0 bridgehead atoms. The van der Waals surface area contributed by atoms with E-state index >= 15 is 0 Å². The van der Waals surface area contributed by atoms with Crippen LogP contribution in [0.15, 0.2) is 42.5 Å². The Morgan fingerprint density at radius 3 is 2.31 bits per heavy atom. The van der Waals surface area contributed by atoms with Gasteiger partial charge in [-0.25, -0.2) is 4.39 Å². The largest absolute Gasteiger partial charge is 0.336 e. The van der Waals surface area contributed by atoms with Crippen LogP contribution in [0.2, 0.25) is 0 Å². The molecule has 2 aromatic rings. The standard InChI is InChI=1S/C21H23FN2O2/c1-15-5-3-4-6-18(15)21(26)24-11-9-23(10-12-24)14-20(25)17-7-8-19(22)16(2)13-17/h3-8,13H,9-12,14H2,1-2H3. The molecule has 1 saturated heterocycles. The number of aryl methyl sites for hydroxylation is 2. The Balaban J connectivity index is 1.57. The first-order chi connectivity index (χ1) is 12.5. The van der Waals surface area contributed by atoms with Gasteiger partial charge in [-0.15, -0.1) is 0 Å². The summed E-state index contributed by atoms with van der Waals surface area (Å²) in [6, 6.07) is 12.0. The number of hydrogen-bond donors (Lipinski definition) is 0. The molecule has 0 aromatic heterocycles. The molecular weight excluding hydrogens is 331 g/mol. The Kier molecular flexibility index (Phi) is 5.47. The maximum absolute atomic E-state index is 13.3. The lowest BCUT2D eigenvalue weighted by Gasteiger charge is -2.34. The Hall–Kier alpha value is -2.53. The maximum atomic E-state index is 13.3. The topological polar surface area (TPSA) is 40.6 Å². The second kappa shape index (κ2) is 7.79. The predicted molar refractivity (Wildman–Crippen MR) is 99.0 cm³/mol. The molecule has 0 aliphatic carbocycles. The number of nitrogens with zero attached hydrogens (tertiary/aromatic N) is 2. The van der Waals surface area contributed by atoms with Crippen molar-refractivity contribution in [3.8, 4) is 0 Å². The minimum Gasteiger partial charge on any atom is -0.336 e. The summed E-state index contributed by atoms with van der Waals surface area (Å²) < 4.78 is 13.3. The summed E-state index contributed by atoms with van der Waals surface area (Å²) in [5.41, 5.74) is 2.72. The zero-order valence-electron chi connectivity index (χ0n) is 15.2. The van der Waals surface area contributed by atoms with Crippen molar-refractivity contribution >= 4 is 11.7 Å². The molecule has 2 aromatic carbocycles. The van der Waals surface area contributed by atoms with Crippen molar-refractivity contribution in [1.82, 2.24) is 9.80 Å². The van der Waals surface area contributed by atoms with Crippen LogP contribution in [0, 0.1) is 19.7 Å². The number of amides is 1. The number of carbonyl (C=O) groups excluding carboxylic acids is 2. The van der Waals surface area contributed by atoms with Crippen LogP contribution in [0.1, 0.15) is 31.8 Å². The van der Waals surface area contributed by atoms with E-state index in [0.717, 1.165) is 11.1 Å². The summed E-state index contributed by atoms with van der Waals surface area (Å²) in [6.45, 7) is 6.39. The van der Waals surface area contributed by atoms with Gasteiger partial charge in [-0.2, -0.15) is 0 Å². The number of rotatable bonds is 4. The summed E-state index contributed by atoms with van der Waals surface area (Å²) in [5.74, 6) is -0.278. The zero-order chi connectivity index (χ0) is 18.7. The first-order valence-corrected chi connectivity index (χ1v) is 8.82. The van der Waals surface area contributed by atoms with Gasteiger partial charge in [0.15, 0.2) is 5.78 Å². The number of ketones is 1. The smallest absolute Gasteiger partial charge is 0.254 e. The van der Waals surface area contributed by atoms with Crippen molar-refractivity contribution < 1.29 is 14.0 Å². The number of hydrogen-bond acceptors (Lipinski definition) is 3. The summed E-state index contributed by atoms with van der Waals surface area (Å²) in [4.78, 5) is 28.9. The quantitative estimate of drug-likeness (QED) is 0.793. The first kappa shape index (κ1) is 18.3. The van der Waals surface area contributed by atoms with Gasteiger partial charge in [-0.05, 0) is 49.2 Å². The van der Waals surface area contributed by atoms with Crippen LogP contribution in [-0.2, 0) is 0 Å². The molecule has 0 saturated carbocycles. The molecule has 0 atom stereocenters. The number of halogens is 1. The summed E-state index contributed by atoms with van der Waals surface area (Å²) in [5, 5.41) is 0. The highest BCUT2D eigenvalue weighted by molar-refractivity contribution is 5.98. The Bertz CT molecular complexity index is 827. The van der Waals surface area contributed by atoms with Crippen molar-refractivity contribution in [3.63, 3.8) is 0 Å². The van der Waals surface area contributed by atoms with Gasteiger partial charge in [-0.3, -0.25) is 14.5 Å². The predicted octanol–water partition coefficient (Wildman–Crippen LogP) is 3.08. The van der Waals surface area contributed by atoms with E-state index in [4.69, 9.17) is 0 Å². The van der Waals surface area contributed by atoms with Gasteiger partial charge < -0.3 is 4.90 Å². The van der Waals surface area contributed by atoms with Gasteiger partial charge in [-0.1, -0.05) is 18.2 Å². The molecule has 0 radical (unpaired) electrons. The molecule has 0 N–H and O–H groups in total. The molecule has 1 aliphatic heterocycles. The summed E-state index contributed by atoms with van der Waals surface area (Å²) in [7, 11) is 0. The minimum atomic E-state index is -0.301. The van der Waals surface area contributed by atoms with Gasteiger partial charge in [0, 0.05) is 37.3 Å². The lowest BCUT2D eigenvalue weighted by molar-refractivity contribution is 0.0624. The van der Waals surface area contributed by atoms with E-state index in [1.807, 2.05) is 41.0 Å². The van der Waals surface area contributed by atoms with Crippen molar-refractivity contribution in [2.75, 3.05) is 32.7 Å². The van der Waals surface area contributed by atoms with Crippen LogP contribution in [0.4, 0.5) is 4.39 Å². The molecule has 4 nitrogen and oxygen atoms in total. The van der Waals surface area contributed by atoms with Crippen LogP contribution in [0.3, 0.4) is 0 Å². The van der Waals surface area contributed by atoms with Crippen molar-refractivity contribution in [2.24, 2.45) is 0 Å². The molecule has 1 aliphatic rings. The maximum Gasteiger partial charge on any atom is 0.254 e. The number of piperazine rings is 1. The number of benzene rings is 2.